The lowest BCUT2D eigenvalue weighted by molar-refractivity contribution is -0.151. The Morgan fingerprint density at radius 3 is 1.13 bits per heavy atom. The first-order chi connectivity index (χ1) is 66.0. The van der Waals surface area contributed by atoms with Crippen molar-refractivity contribution >= 4 is 164 Å². The van der Waals surface area contributed by atoms with E-state index in [1.54, 1.807) is 165 Å². The predicted octanol–water partition coefficient (Wildman–Crippen LogP) is 16.0. The summed E-state index contributed by atoms with van der Waals surface area (Å²) in [6.07, 6.45) is 5.27. The molecule has 0 saturated carbocycles. The topological polar surface area (TPSA) is 490 Å². The Labute approximate surface area is 838 Å². The van der Waals surface area contributed by atoms with Gasteiger partial charge >= 0.3 is 65.7 Å². The van der Waals surface area contributed by atoms with E-state index in [0.29, 0.717) is 41.7 Å². The van der Waals surface area contributed by atoms with Crippen LogP contribution in [0.5, 0.6) is 0 Å². The molecule has 37 heteroatoms. The van der Waals surface area contributed by atoms with Gasteiger partial charge in [0, 0.05) is 41.4 Å². The molecule has 0 radical (unpaired) electrons. The van der Waals surface area contributed by atoms with Crippen molar-refractivity contribution < 1.29 is 162 Å². The Bertz CT molecular complexity index is 4860. The van der Waals surface area contributed by atoms with Crippen molar-refractivity contribution in [3.05, 3.63) is 240 Å². The molecular formula is C104H135ClO34S2. The van der Waals surface area contributed by atoms with E-state index in [-0.39, 0.29) is 179 Å². The minimum absolute atomic E-state index is 0.0429. The summed E-state index contributed by atoms with van der Waals surface area (Å²) in [4.78, 5) is 244. The van der Waals surface area contributed by atoms with Gasteiger partial charge in [0.2, 0.25) is 11.6 Å². The summed E-state index contributed by atoms with van der Waals surface area (Å²) in [6, 6.07) is 24.2. The minimum atomic E-state index is -0.714. The number of Topliss-reactive ketones (excluding diaryl/α,β-unsaturated/α-hetero) is 11. The van der Waals surface area contributed by atoms with E-state index in [1.807, 2.05) is 49.0 Å². The molecule has 0 N–H and O–H groups in total. The Balaban J connectivity index is -0.000000357. The maximum Gasteiger partial charge on any atom is 0.341 e. The number of carbonyl (C=O) groups is 22. The van der Waals surface area contributed by atoms with Crippen molar-refractivity contribution in [2.75, 3.05) is 84.8 Å². The lowest BCUT2D eigenvalue weighted by Gasteiger charge is -2.16. The van der Waals surface area contributed by atoms with Crippen molar-refractivity contribution in [2.45, 2.75) is 175 Å². The fraction of sp³-hybridized carbons (Fsp3) is 0.404. The third-order valence-electron chi connectivity index (χ3n) is 16.5. The van der Waals surface area contributed by atoms with Crippen LogP contribution in [0.25, 0.3) is 0 Å². The molecule has 0 bridgehead atoms. The molecule has 774 valence electrons. The summed E-state index contributed by atoms with van der Waals surface area (Å²) in [7, 11) is 1.20. The number of halogens is 1. The van der Waals surface area contributed by atoms with E-state index in [0.717, 1.165) is 24.2 Å². The van der Waals surface area contributed by atoms with Gasteiger partial charge in [0.05, 0.1) is 123 Å². The van der Waals surface area contributed by atoms with Crippen LogP contribution in [0, 0.1) is 17.3 Å². The molecule has 2 aromatic carbocycles. The molecule has 141 heavy (non-hydrogen) atoms. The molecule has 1 aliphatic heterocycles. The summed E-state index contributed by atoms with van der Waals surface area (Å²) in [5.41, 5.74) is -0.394. The Kier molecular flexibility index (Phi) is 78.0. The van der Waals surface area contributed by atoms with Crippen LogP contribution < -0.4 is 0 Å². The Morgan fingerprint density at radius 1 is 0.418 bits per heavy atom. The number of esters is 11. The third kappa shape index (κ3) is 61.1. The van der Waals surface area contributed by atoms with E-state index in [4.69, 9.17) is 25.5 Å². The van der Waals surface area contributed by atoms with Gasteiger partial charge in [-0.15, -0.1) is 22.9 Å². The Hall–Kier alpha value is -14.0. The van der Waals surface area contributed by atoms with Crippen LogP contribution in [0.1, 0.15) is 200 Å². The highest BCUT2D eigenvalue weighted by Crippen LogP contribution is 2.27. The van der Waals surface area contributed by atoms with Gasteiger partial charge in [-0.2, -0.15) is 11.8 Å². The van der Waals surface area contributed by atoms with Gasteiger partial charge < -0.3 is 56.5 Å². The van der Waals surface area contributed by atoms with E-state index in [1.165, 1.54) is 51.0 Å². The lowest BCUT2D eigenvalue weighted by Crippen LogP contribution is -2.26. The minimum Gasteiger partial charge on any atom is -0.465 e. The number of ketones is 11. The van der Waals surface area contributed by atoms with Crippen LogP contribution in [0.2, 0.25) is 0 Å². The van der Waals surface area contributed by atoms with E-state index >= 15 is 0 Å². The maximum atomic E-state index is 11.7. The van der Waals surface area contributed by atoms with Gasteiger partial charge in [-0.25, -0.2) is 47.9 Å². The van der Waals surface area contributed by atoms with Gasteiger partial charge in [0.25, 0.3) is 0 Å². The monoisotopic (exact) mass is 2030 g/mol. The first-order valence-corrected chi connectivity index (χ1v) is 46.4. The highest BCUT2D eigenvalue weighted by Gasteiger charge is 2.30. The maximum absolute atomic E-state index is 11.7. The smallest absolute Gasteiger partial charge is 0.341 e. The molecule has 1 aliphatic rings. The highest BCUT2D eigenvalue weighted by atomic mass is 35.5. The number of thiophene rings is 1. The summed E-state index contributed by atoms with van der Waals surface area (Å²) in [5, 5.41) is 2.17. The molecule has 0 spiro atoms. The molecule has 3 heterocycles. The fourth-order valence-corrected chi connectivity index (χ4v) is 10.7. The number of hydrogen-bond donors (Lipinski definition) is 0. The molecule has 0 aliphatic carbocycles. The van der Waals surface area contributed by atoms with Crippen molar-refractivity contribution in [3.63, 3.8) is 0 Å². The summed E-state index contributed by atoms with van der Waals surface area (Å²) >= 11 is 8.26. The zero-order valence-corrected chi connectivity index (χ0v) is 86.7. The number of thioether (sulfide) groups is 1. The number of alkyl halides is 1. The van der Waals surface area contributed by atoms with Crippen molar-refractivity contribution in [1.29, 1.82) is 0 Å². The molecule has 5 rings (SSSR count). The number of carbonyl (C=O) groups excluding carboxylic acids is 22. The zero-order valence-electron chi connectivity index (χ0n) is 84.3. The summed E-state index contributed by atoms with van der Waals surface area (Å²) < 4.78 is 55.8. The number of rotatable bonds is 43. The molecular weight excluding hydrogens is 1890 g/mol. The standard InChI is InChI=1S/C13H14O3.C12H12O3.C10H10O4.C10H14O3S.C10H10O3S.C10H16O3.2C9H14O3.C8H14O3.C7H9ClO3.C6H8O3/c1-3-16-13(15)10(2)12(14)9-11-7-5-4-6-8-11;1-3-15-12(14)9(2)11(13)10-7-5-4-6-8-10;1-3-13-10(12)7(2)9(11)8-5-4-6-14-8;1-7(8(2)11)10(12)13-6-9-4-3-5-14-9;1-3-13-10(12)7(2)9(11)8-5-4-6-14-8;1-6-13-9(12)7(2)8(11)10(3,4)5;1-5-12-9(11)7(4)8(10)6(2)3;1-4-6-8(10)7(3)9(11)12-5-2;1-4-7(9)6(3)8(10)11-5-2;1-3-11-7(10)5(2)6(9)4-8;1-4(5(2)7)6(8)9-3/h4-8H,2-3,9H2,1H3;4-8H,2-3H2,1H3;4-6H,2-3H2,1H3;9H,1,3-6H2,2H3;4-6H,2-3H2,1H3;2,6H2,1,3-5H3;6H,4-5H2,1-3H3;3-6H2,1-2H3;6H,4-5H2,1-3H3;2-4H2,1H3;1H2,2-3H3. The number of hydrogen-bond acceptors (Lipinski definition) is 36. The number of methoxy groups -OCH3 is 1. The van der Waals surface area contributed by atoms with Crippen LogP contribution in [-0.4, -0.2) is 219 Å². The van der Waals surface area contributed by atoms with Crippen LogP contribution in [0.4, 0.5) is 0 Å². The van der Waals surface area contributed by atoms with Gasteiger partial charge in [-0.05, 0) is 137 Å². The van der Waals surface area contributed by atoms with Crippen LogP contribution in [0.15, 0.2) is 223 Å². The molecule has 4 aromatic rings. The predicted molar refractivity (Wildman–Crippen MR) is 533 cm³/mol. The van der Waals surface area contributed by atoms with E-state index in [9.17, 15) is 105 Å². The number of ether oxygens (including phenoxy) is 11. The number of furan rings is 1. The van der Waals surface area contributed by atoms with Gasteiger partial charge in [-0.3, -0.25) is 57.5 Å². The average Bonchev–Trinajstić information content (AvgIpc) is 1.68. The molecule has 1 fully saturated rings. The SMILES string of the molecule is C=C(C(=O)CCC)C(=O)OCC.C=C(C(=O)CCl)C(=O)OCC.C=C(C(=O)Cc1ccccc1)C(=O)OCC.C=C(C(=O)OCC)C(=O)C(C)(C)C.C=C(C(=O)OCC)C(=O)C(C)C.C=C(C(=O)OCC)C(=O)c1ccccc1.C=C(C(=O)OCC)C(=O)c1ccco1.C=C(C(=O)OCC)C(=O)c1cccs1.C=C(C(C)=O)C(=O)OC.C=C(C(C)=O)C(=O)OCC1CCCS1.CCOC(=O)C(C)C(=O)CC. The third-order valence-corrected chi connectivity index (χ3v) is 19.0. The van der Waals surface area contributed by atoms with Crippen LogP contribution in [-0.2, 0) is 150 Å². The largest absolute Gasteiger partial charge is 0.465 e. The molecule has 34 nitrogen and oxygen atoms in total. The van der Waals surface area contributed by atoms with Crippen molar-refractivity contribution in [3.8, 4) is 0 Å². The molecule has 2 unspecified atom stereocenters. The normalized spacial score (nSPS) is 10.8. The first-order valence-electron chi connectivity index (χ1n) is 43.9. The van der Waals surface area contributed by atoms with Gasteiger partial charge in [0.15, 0.2) is 52.0 Å². The van der Waals surface area contributed by atoms with E-state index < -0.39 is 94.3 Å². The second-order valence-electron chi connectivity index (χ2n) is 28.9. The van der Waals surface area contributed by atoms with Crippen molar-refractivity contribution in [1.82, 2.24) is 0 Å². The van der Waals surface area contributed by atoms with Crippen LogP contribution >= 0.6 is 34.7 Å². The van der Waals surface area contributed by atoms with Gasteiger partial charge in [-0.1, -0.05) is 181 Å². The highest BCUT2D eigenvalue weighted by molar-refractivity contribution is 8.00. The molecule has 2 aromatic heterocycles. The van der Waals surface area contributed by atoms with E-state index in [2.05, 4.69) is 108 Å². The second-order valence-corrected chi connectivity index (χ2v) is 31.5. The summed E-state index contributed by atoms with van der Waals surface area (Å²) in [6.45, 7) is 67.8. The average molecular weight is 2030 g/mol. The lowest BCUT2D eigenvalue weighted by atomic mass is 9.87. The molecule has 0 amide bonds. The summed E-state index contributed by atoms with van der Waals surface area (Å²) in [5.74, 6) is -10.3. The second kappa shape index (κ2) is 79.9. The molecule has 2 atom stereocenters. The Morgan fingerprint density at radius 2 is 0.794 bits per heavy atom. The fourth-order valence-electron chi connectivity index (χ4n) is 8.73. The van der Waals surface area contributed by atoms with Gasteiger partial charge in [0.1, 0.15) is 35.0 Å². The van der Waals surface area contributed by atoms with Crippen LogP contribution in [0.3, 0.4) is 0 Å². The first kappa shape index (κ1) is 138. The molecule has 1 saturated heterocycles. The zero-order chi connectivity index (χ0) is 110. The quantitative estimate of drug-likeness (QED) is 0.00755. The number of benzene rings is 2. The van der Waals surface area contributed by atoms with Crippen molar-refractivity contribution in [2.24, 2.45) is 17.3 Å².